The molecular weight excluding hydrogens is 496 g/mol. The molecule has 0 fully saturated rings. The number of nitrogens with one attached hydrogen (secondary N) is 1. The van der Waals surface area contributed by atoms with Crippen LogP contribution >= 0.6 is 0 Å². The van der Waals surface area contributed by atoms with Crippen LogP contribution in [-0.4, -0.2) is 6.17 Å². The van der Waals surface area contributed by atoms with E-state index in [-0.39, 0.29) is 6.17 Å². The highest BCUT2D eigenvalue weighted by Crippen LogP contribution is 2.46. The summed E-state index contributed by atoms with van der Waals surface area (Å²) in [6.07, 6.45) is 8.12. The predicted molar refractivity (Wildman–Crippen MR) is 176 cm³/mol. The molecule has 2 aliphatic rings. The minimum atomic E-state index is 0.262. The second-order valence-corrected chi connectivity index (χ2v) is 11.2. The number of nitrogens with zero attached hydrogens (tertiary/aromatic N) is 1. The first kappa shape index (κ1) is 24.0. The molecule has 0 aromatic heterocycles. The van der Waals surface area contributed by atoms with Gasteiger partial charge in [-0.05, 0) is 105 Å². The summed E-state index contributed by atoms with van der Waals surface area (Å²) >= 11 is 0. The molecule has 0 spiro atoms. The zero-order chi connectivity index (χ0) is 27.3. The summed E-state index contributed by atoms with van der Waals surface area (Å²) in [4.78, 5) is 2.44. The van der Waals surface area contributed by atoms with E-state index in [0.717, 1.165) is 19.3 Å². The average Bonchev–Trinajstić information content (AvgIpc) is 3.42. The third-order valence-corrected chi connectivity index (χ3v) is 8.86. The van der Waals surface area contributed by atoms with Gasteiger partial charge in [-0.1, -0.05) is 104 Å². The minimum absolute atomic E-state index is 0.262. The van der Waals surface area contributed by atoms with Crippen molar-refractivity contribution in [3.05, 3.63) is 132 Å². The van der Waals surface area contributed by atoms with Gasteiger partial charge in [0, 0.05) is 5.69 Å². The van der Waals surface area contributed by atoms with Gasteiger partial charge in [-0.15, -0.1) is 0 Å². The summed E-state index contributed by atoms with van der Waals surface area (Å²) in [6, 6.07) is 42.5. The van der Waals surface area contributed by atoms with Crippen LogP contribution < -0.4 is 10.2 Å². The Morgan fingerprint density at radius 3 is 2.24 bits per heavy atom. The van der Waals surface area contributed by atoms with Crippen LogP contribution in [0.2, 0.25) is 0 Å². The molecule has 1 aliphatic carbocycles. The van der Waals surface area contributed by atoms with Crippen molar-refractivity contribution in [2.75, 3.05) is 10.2 Å². The highest BCUT2D eigenvalue weighted by Gasteiger charge is 2.28. The Labute approximate surface area is 241 Å². The van der Waals surface area contributed by atoms with E-state index in [1.54, 1.807) is 0 Å². The number of anilines is 3. The summed E-state index contributed by atoms with van der Waals surface area (Å²) in [5.74, 6) is 0. The van der Waals surface area contributed by atoms with Crippen LogP contribution in [0.15, 0.2) is 121 Å². The number of allylic oxidation sites excluding steroid dienone is 1. The number of hydrogen-bond acceptors (Lipinski definition) is 2. The van der Waals surface area contributed by atoms with Crippen molar-refractivity contribution in [1.29, 1.82) is 0 Å². The molecule has 1 N–H and O–H groups in total. The van der Waals surface area contributed by atoms with Gasteiger partial charge in [-0.2, -0.15) is 0 Å². The van der Waals surface area contributed by atoms with E-state index in [2.05, 4.69) is 145 Å². The molecule has 0 amide bonds. The Kier molecular flexibility index (Phi) is 5.67. The van der Waals surface area contributed by atoms with Gasteiger partial charge in [0.1, 0.15) is 6.17 Å². The van der Waals surface area contributed by atoms with E-state index in [1.807, 2.05) is 0 Å². The van der Waals surface area contributed by atoms with Crippen molar-refractivity contribution in [2.24, 2.45) is 0 Å². The van der Waals surface area contributed by atoms with E-state index < -0.39 is 0 Å². The van der Waals surface area contributed by atoms with Crippen LogP contribution in [0.1, 0.15) is 30.9 Å². The first-order valence-electron chi connectivity index (χ1n) is 14.8. The fourth-order valence-corrected chi connectivity index (χ4v) is 6.98. The molecule has 6 aromatic rings. The number of hydrogen-bond donors (Lipinski definition) is 1. The van der Waals surface area contributed by atoms with E-state index in [9.17, 15) is 0 Å². The van der Waals surface area contributed by atoms with Crippen LogP contribution in [0.25, 0.3) is 49.9 Å². The topological polar surface area (TPSA) is 15.3 Å². The smallest absolute Gasteiger partial charge is 0.104 e. The molecule has 1 aliphatic heterocycles. The molecule has 0 saturated heterocycles. The van der Waals surface area contributed by atoms with Crippen molar-refractivity contribution in [3.8, 4) is 22.3 Å². The lowest BCUT2D eigenvalue weighted by molar-refractivity contribution is 0.728. The molecule has 198 valence electrons. The average molecular weight is 529 g/mol. The standard InChI is InChI=1S/C39H32N2/c1-2-37-40-35-17-9-10-18-36(35)41(37)30-23-21-27(22-24-30)38-31-13-5-7-15-33(31)39(34-16-8-6-14-32(34)38)29-20-19-26-11-3-4-12-28(26)25-29/h3-5,7-13,15-25,37,40H,2,6,14H2,1H3. The van der Waals surface area contributed by atoms with Crippen LogP contribution in [0.5, 0.6) is 0 Å². The van der Waals surface area contributed by atoms with Gasteiger partial charge in [-0.25, -0.2) is 0 Å². The summed E-state index contributed by atoms with van der Waals surface area (Å²) in [5, 5.41) is 8.90. The lowest BCUT2D eigenvalue weighted by atomic mass is 9.80. The van der Waals surface area contributed by atoms with Gasteiger partial charge in [-0.3, -0.25) is 0 Å². The largest absolute Gasteiger partial charge is 0.363 e. The highest BCUT2D eigenvalue weighted by atomic mass is 15.3. The summed E-state index contributed by atoms with van der Waals surface area (Å²) in [5.41, 5.74) is 11.8. The molecule has 0 saturated carbocycles. The molecule has 0 radical (unpaired) electrons. The van der Waals surface area contributed by atoms with Crippen molar-refractivity contribution in [2.45, 2.75) is 32.4 Å². The number of benzene rings is 6. The van der Waals surface area contributed by atoms with E-state index in [1.165, 1.54) is 72.0 Å². The molecular formula is C39H32N2. The summed E-state index contributed by atoms with van der Waals surface area (Å²) in [7, 11) is 0. The van der Waals surface area contributed by atoms with Gasteiger partial charge in [0.05, 0.1) is 11.4 Å². The van der Waals surface area contributed by atoms with E-state index in [4.69, 9.17) is 0 Å². The third-order valence-electron chi connectivity index (χ3n) is 8.86. The van der Waals surface area contributed by atoms with Crippen LogP contribution in [0, 0.1) is 0 Å². The van der Waals surface area contributed by atoms with Gasteiger partial charge in [0.2, 0.25) is 0 Å². The molecule has 41 heavy (non-hydrogen) atoms. The maximum atomic E-state index is 3.70. The summed E-state index contributed by atoms with van der Waals surface area (Å²) in [6.45, 7) is 2.24. The Balaban J connectivity index is 1.30. The molecule has 1 heterocycles. The van der Waals surface area contributed by atoms with Crippen molar-refractivity contribution in [3.63, 3.8) is 0 Å². The lowest BCUT2D eigenvalue weighted by Crippen LogP contribution is -2.30. The zero-order valence-corrected chi connectivity index (χ0v) is 23.3. The zero-order valence-electron chi connectivity index (χ0n) is 23.3. The SMILES string of the molecule is CCC1Nc2ccccc2N1c1ccc(-c2c3c(c(-c4ccc5ccccc5c4)c4ccccc24)C=CCC3)cc1. The van der Waals surface area contributed by atoms with E-state index in [0.29, 0.717) is 0 Å². The van der Waals surface area contributed by atoms with Gasteiger partial charge in [0.25, 0.3) is 0 Å². The van der Waals surface area contributed by atoms with Crippen LogP contribution in [-0.2, 0) is 6.42 Å². The summed E-state index contributed by atoms with van der Waals surface area (Å²) < 4.78 is 0. The quantitative estimate of drug-likeness (QED) is 0.245. The van der Waals surface area contributed by atoms with Gasteiger partial charge >= 0.3 is 0 Å². The Hall–Kier alpha value is -4.82. The normalized spacial score (nSPS) is 15.6. The van der Waals surface area contributed by atoms with Crippen LogP contribution in [0.4, 0.5) is 17.1 Å². The highest BCUT2D eigenvalue weighted by molar-refractivity contribution is 6.10. The monoisotopic (exact) mass is 528 g/mol. The lowest BCUT2D eigenvalue weighted by Gasteiger charge is -2.27. The fourth-order valence-electron chi connectivity index (χ4n) is 6.98. The second kappa shape index (κ2) is 9.67. The van der Waals surface area contributed by atoms with Crippen molar-refractivity contribution >= 4 is 44.7 Å². The number of rotatable bonds is 4. The first-order chi connectivity index (χ1) is 20.3. The Bertz CT molecular complexity index is 1970. The van der Waals surface area contributed by atoms with Gasteiger partial charge in [0.15, 0.2) is 0 Å². The number of fused-ring (bicyclic) bond motifs is 4. The maximum absolute atomic E-state index is 3.70. The van der Waals surface area contributed by atoms with Crippen LogP contribution in [0.3, 0.4) is 0 Å². The fraction of sp³-hybridized carbons (Fsp3) is 0.128. The molecule has 2 nitrogen and oxygen atoms in total. The Morgan fingerprint density at radius 2 is 1.41 bits per heavy atom. The molecule has 6 aromatic carbocycles. The van der Waals surface area contributed by atoms with Crippen molar-refractivity contribution < 1.29 is 0 Å². The minimum Gasteiger partial charge on any atom is -0.363 e. The first-order valence-corrected chi connectivity index (χ1v) is 14.8. The molecule has 0 bridgehead atoms. The molecule has 2 heteroatoms. The predicted octanol–water partition coefficient (Wildman–Crippen LogP) is 10.6. The second-order valence-electron chi connectivity index (χ2n) is 11.2. The molecule has 8 rings (SSSR count). The van der Waals surface area contributed by atoms with Gasteiger partial charge < -0.3 is 10.2 Å². The third kappa shape index (κ3) is 3.86. The van der Waals surface area contributed by atoms with E-state index >= 15 is 0 Å². The maximum Gasteiger partial charge on any atom is 0.104 e. The Morgan fingerprint density at radius 1 is 0.707 bits per heavy atom. The van der Waals surface area contributed by atoms with Crippen molar-refractivity contribution in [1.82, 2.24) is 0 Å². The molecule has 1 atom stereocenters. The number of para-hydroxylation sites is 2. The molecule has 1 unspecified atom stereocenters.